The molecule has 0 bridgehead atoms. The van der Waals surface area contributed by atoms with Crippen LogP contribution in [0.15, 0.2) is 24.4 Å². The lowest BCUT2D eigenvalue weighted by molar-refractivity contribution is 0.243. The van der Waals surface area contributed by atoms with Crippen LogP contribution in [0.25, 0.3) is 10.9 Å². The van der Waals surface area contributed by atoms with Gasteiger partial charge in [0.1, 0.15) is 5.75 Å². The van der Waals surface area contributed by atoms with Crippen molar-refractivity contribution in [1.29, 1.82) is 0 Å². The smallest absolute Gasteiger partial charge is 0.120 e. The Kier molecular flexibility index (Phi) is 3.35. The van der Waals surface area contributed by atoms with Crippen LogP contribution in [0, 0.1) is 0 Å². The fraction of sp³-hybridized carbons (Fsp3) is 0.467. The Labute approximate surface area is 108 Å². The molecule has 0 atom stereocenters. The van der Waals surface area contributed by atoms with E-state index in [0.717, 1.165) is 11.3 Å². The number of H-pyrrole nitrogens is 1. The first-order valence-electron chi connectivity index (χ1n) is 6.42. The predicted molar refractivity (Wildman–Crippen MR) is 76.1 cm³/mol. The third kappa shape index (κ3) is 2.36. The number of fused-ring (bicyclic) bond motifs is 1. The molecule has 0 amide bonds. The Morgan fingerprint density at radius 1 is 1.33 bits per heavy atom. The molecule has 2 aromatic rings. The Morgan fingerprint density at radius 2 is 2.06 bits per heavy atom. The number of benzene rings is 1. The van der Waals surface area contributed by atoms with Gasteiger partial charge >= 0.3 is 0 Å². The van der Waals surface area contributed by atoms with Crippen LogP contribution >= 0.6 is 0 Å². The number of nitrogens with two attached hydrogens (primary N) is 1. The zero-order valence-electron chi connectivity index (χ0n) is 11.6. The quantitative estimate of drug-likeness (QED) is 0.870. The highest BCUT2D eigenvalue weighted by molar-refractivity contribution is 5.85. The summed E-state index contributed by atoms with van der Waals surface area (Å²) in [5, 5.41) is 1.20. The van der Waals surface area contributed by atoms with Crippen molar-refractivity contribution in [3.05, 3.63) is 30.0 Å². The van der Waals surface area contributed by atoms with Crippen LogP contribution in [0.1, 0.15) is 33.3 Å². The van der Waals surface area contributed by atoms with Gasteiger partial charge in [-0.25, -0.2) is 0 Å². The average molecular weight is 246 g/mol. The molecule has 1 heterocycles. The largest absolute Gasteiger partial charge is 0.491 e. The first-order valence-corrected chi connectivity index (χ1v) is 6.42. The molecule has 3 heteroatoms. The van der Waals surface area contributed by atoms with Crippen molar-refractivity contribution >= 4 is 10.9 Å². The molecule has 0 aliphatic heterocycles. The maximum atomic E-state index is 5.86. The van der Waals surface area contributed by atoms with E-state index in [-0.39, 0.29) is 11.5 Å². The molecular formula is C15H22N2O. The van der Waals surface area contributed by atoms with Gasteiger partial charge in [0.2, 0.25) is 0 Å². The van der Waals surface area contributed by atoms with Gasteiger partial charge < -0.3 is 15.5 Å². The molecule has 0 aliphatic rings. The maximum Gasteiger partial charge on any atom is 0.120 e. The minimum Gasteiger partial charge on any atom is -0.491 e. The molecule has 98 valence electrons. The highest BCUT2D eigenvalue weighted by Gasteiger charge is 2.22. The van der Waals surface area contributed by atoms with E-state index < -0.39 is 0 Å². The fourth-order valence-corrected chi connectivity index (χ4v) is 2.12. The lowest BCUT2D eigenvalue weighted by atomic mass is 9.84. The van der Waals surface area contributed by atoms with E-state index in [1.165, 1.54) is 10.9 Å². The van der Waals surface area contributed by atoms with Crippen LogP contribution in [0.2, 0.25) is 0 Å². The Balaban J connectivity index is 2.50. The van der Waals surface area contributed by atoms with E-state index in [9.17, 15) is 0 Å². The van der Waals surface area contributed by atoms with Crippen molar-refractivity contribution in [2.75, 3.05) is 6.54 Å². The molecule has 0 spiro atoms. The summed E-state index contributed by atoms with van der Waals surface area (Å²) in [6.45, 7) is 9.00. The van der Waals surface area contributed by atoms with Gasteiger partial charge in [-0.1, -0.05) is 13.8 Å². The summed E-state index contributed by atoms with van der Waals surface area (Å²) >= 11 is 0. The zero-order chi connectivity index (χ0) is 13.3. The van der Waals surface area contributed by atoms with Crippen LogP contribution in [-0.2, 0) is 5.41 Å². The third-order valence-electron chi connectivity index (χ3n) is 3.26. The molecule has 3 N–H and O–H groups in total. The molecule has 0 fully saturated rings. The summed E-state index contributed by atoms with van der Waals surface area (Å²) in [6, 6.07) is 6.15. The van der Waals surface area contributed by atoms with Crippen molar-refractivity contribution in [1.82, 2.24) is 4.98 Å². The Bertz CT molecular complexity index is 540. The number of aromatic amines is 1. The second-order valence-electron chi connectivity index (χ2n) is 5.66. The highest BCUT2D eigenvalue weighted by atomic mass is 16.5. The van der Waals surface area contributed by atoms with Crippen molar-refractivity contribution in [3.8, 4) is 5.75 Å². The number of hydrogen-bond acceptors (Lipinski definition) is 2. The lowest BCUT2D eigenvalue weighted by Gasteiger charge is -2.22. The van der Waals surface area contributed by atoms with Crippen molar-refractivity contribution in [2.24, 2.45) is 5.73 Å². The molecule has 2 rings (SSSR count). The first kappa shape index (κ1) is 13.0. The molecule has 1 aromatic carbocycles. The topological polar surface area (TPSA) is 51.0 Å². The van der Waals surface area contributed by atoms with Crippen LogP contribution < -0.4 is 10.5 Å². The summed E-state index contributed by atoms with van der Waals surface area (Å²) in [5.74, 6) is 0.908. The Morgan fingerprint density at radius 3 is 2.67 bits per heavy atom. The maximum absolute atomic E-state index is 5.86. The first-order chi connectivity index (χ1) is 8.44. The van der Waals surface area contributed by atoms with Gasteiger partial charge in [0.15, 0.2) is 0 Å². The summed E-state index contributed by atoms with van der Waals surface area (Å²) in [6.07, 6.45) is 2.24. The van der Waals surface area contributed by atoms with E-state index in [0.29, 0.717) is 6.54 Å². The van der Waals surface area contributed by atoms with Crippen LogP contribution in [0.3, 0.4) is 0 Å². The van der Waals surface area contributed by atoms with Crippen LogP contribution in [0.4, 0.5) is 0 Å². The van der Waals surface area contributed by atoms with E-state index >= 15 is 0 Å². The molecule has 0 aliphatic carbocycles. The molecule has 0 radical (unpaired) electrons. The van der Waals surface area contributed by atoms with Crippen molar-refractivity contribution in [3.63, 3.8) is 0 Å². The molecule has 0 unspecified atom stereocenters. The van der Waals surface area contributed by atoms with E-state index in [4.69, 9.17) is 10.5 Å². The van der Waals surface area contributed by atoms with Gasteiger partial charge in [-0.05, 0) is 37.6 Å². The average Bonchev–Trinajstić information content (AvgIpc) is 2.71. The SMILES string of the molecule is CC(C)Oc1ccc2[nH]cc(C(C)(C)CN)c2c1. The highest BCUT2D eigenvalue weighted by Crippen LogP contribution is 2.32. The predicted octanol–water partition coefficient (Wildman–Crippen LogP) is 3.19. The van der Waals surface area contributed by atoms with Gasteiger partial charge in [-0.15, -0.1) is 0 Å². The zero-order valence-corrected chi connectivity index (χ0v) is 11.6. The van der Waals surface area contributed by atoms with E-state index in [1.54, 1.807) is 0 Å². The molecule has 1 aromatic heterocycles. The molecular weight excluding hydrogens is 224 g/mol. The van der Waals surface area contributed by atoms with Gasteiger partial charge in [-0.2, -0.15) is 0 Å². The summed E-state index contributed by atoms with van der Waals surface area (Å²) in [5.41, 5.74) is 8.20. The minimum absolute atomic E-state index is 0.0330. The van der Waals surface area contributed by atoms with Gasteiger partial charge in [0, 0.05) is 29.1 Å². The van der Waals surface area contributed by atoms with Crippen molar-refractivity contribution < 1.29 is 4.74 Å². The number of aromatic nitrogens is 1. The summed E-state index contributed by atoms with van der Waals surface area (Å²) in [4.78, 5) is 3.30. The van der Waals surface area contributed by atoms with Gasteiger partial charge in [-0.3, -0.25) is 0 Å². The minimum atomic E-state index is -0.0330. The molecule has 3 nitrogen and oxygen atoms in total. The fourth-order valence-electron chi connectivity index (χ4n) is 2.12. The van der Waals surface area contributed by atoms with Crippen LogP contribution in [0.5, 0.6) is 5.75 Å². The molecule has 0 saturated carbocycles. The monoisotopic (exact) mass is 246 g/mol. The standard InChI is InChI=1S/C15H22N2O/c1-10(2)18-11-5-6-14-12(7-11)13(8-17-14)15(3,4)9-16/h5-8,10,17H,9,16H2,1-4H3. The van der Waals surface area contributed by atoms with E-state index in [1.807, 2.05) is 19.9 Å². The molecule has 18 heavy (non-hydrogen) atoms. The number of nitrogens with one attached hydrogen (secondary N) is 1. The lowest BCUT2D eigenvalue weighted by Crippen LogP contribution is -2.27. The van der Waals surface area contributed by atoms with E-state index in [2.05, 4.69) is 37.2 Å². The normalized spacial score (nSPS) is 12.3. The summed E-state index contributed by atoms with van der Waals surface area (Å²) in [7, 11) is 0. The van der Waals surface area contributed by atoms with Crippen LogP contribution in [-0.4, -0.2) is 17.6 Å². The molecule has 0 saturated heterocycles. The Hall–Kier alpha value is -1.48. The van der Waals surface area contributed by atoms with Gasteiger partial charge in [0.25, 0.3) is 0 Å². The number of rotatable bonds is 4. The second kappa shape index (κ2) is 4.65. The number of hydrogen-bond donors (Lipinski definition) is 2. The van der Waals surface area contributed by atoms with Crippen molar-refractivity contribution in [2.45, 2.75) is 39.2 Å². The third-order valence-corrected chi connectivity index (χ3v) is 3.26. The number of ether oxygens (including phenoxy) is 1. The second-order valence-corrected chi connectivity index (χ2v) is 5.66. The van der Waals surface area contributed by atoms with Gasteiger partial charge in [0.05, 0.1) is 6.10 Å². The summed E-state index contributed by atoms with van der Waals surface area (Å²) < 4.78 is 5.75.